The molecule has 2 aromatic rings. The Kier molecular flexibility index (Phi) is 8.39. The topological polar surface area (TPSA) is 127 Å². The van der Waals surface area contributed by atoms with Crippen LogP contribution in [-0.4, -0.2) is 17.6 Å². The molecule has 0 heterocycles. The van der Waals surface area contributed by atoms with Crippen LogP contribution in [0.4, 0.5) is 17.1 Å². The van der Waals surface area contributed by atoms with Gasteiger partial charge in [0.15, 0.2) is 0 Å². The summed E-state index contributed by atoms with van der Waals surface area (Å²) < 4.78 is 6.17. The Morgan fingerprint density at radius 1 is 1.31 bits per heavy atom. The average Bonchev–Trinajstić information content (AvgIpc) is 2.71. The molecule has 0 amide bonds. The van der Waals surface area contributed by atoms with Gasteiger partial charge in [-0.2, -0.15) is 15.5 Å². The fraction of sp³-hybridized carbons (Fsp3) is 0.350. The molecule has 0 bridgehead atoms. The van der Waals surface area contributed by atoms with Crippen LogP contribution in [0, 0.1) is 21.4 Å². The molecule has 8 nitrogen and oxygen atoms in total. The van der Waals surface area contributed by atoms with Gasteiger partial charge < -0.3 is 10.5 Å². The van der Waals surface area contributed by atoms with Gasteiger partial charge in [-0.1, -0.05) is 6.07 Å². The third-order valence-corrected chi connectivity index (χ3v) is 4.96. The van der Waals surface area contributed by atoms with Gasteiger partial charge in [0, 0.05) is 34.8 Å². The largest absolute Gasteiger partial charge is 0.379 e. The van der Waals surface area contributed by atoms with E-state index in [2.05, 4.69) is 32.2 Å². The molecule has 0 aliphatic carbocycles. The Bertz CT molecular complexity index is 942. The molecule has 29 heavy (non-hydrogen) atoms. The molecular formula is C20H22BrN5O3. The van der Waals surface area contributed by atoms with Gasteiger partial charge >= 0.3 is 0 Å². The van der Waals surface area contributed by atoms with Crippen LogP contribution in [-0.2, 0) is 4.74 Å². The van der Waals surface area contributed by atoms with Crippen molar-refractivity contribution in [3.05, 3.63) is 62.1 Å². The lowest BCUT2D eigenvalue weighted by atomic mass is 9.95. The van der Waals surface area contributed by atoms with Crippen molar-refractivity contribution in [3.8, 4) is 6.07 Å². The van der Waals surface area contributed by atoms with Crippen molar-refractivity contribution >= 4 is 33.0 Å². The van der Waals surface area contributed by atoms with E-state index in [9.17, 15) is 15.4 Å². The second-order valence-electron chi connectivity index (χ2n) is 6.39. The minimum absolute atomic E-state index is 0.0543. The second kappa shape index (κ2) is 10.8. The van der Waals surface area contributed by atoms with Crippen molar-refractivity contribution in [1.82, 2.24) is 0 Å². The van der Waals surface area contributed by atoms with Crippen LogP contribution in [0.15, 0.2) is 51.1 Å². The van der Waals surface area contributed by atoms with Crippen molar-refractivity contribution in [2.24, 2.45) is 16.0 Å². The molecule has 0 aliphatic rings. The predicted octanol–water partition coefficient (Wildman–Crippen LogP) is 5.85. The van der Waals surface area contributed by atoms with Gasteiger partial charge in [0.05, 0.1) is 28.0 Å². The number of hydrogen-bond acceptors (Lipinski definition) is 7. The molecule has 0 fully saturated rings. The van der Waals surface area contributed by atoms with E-state index in [-0.39, 0.29) is 11.8 Å². The minimum Gasteiger partial charge on any atom is -0.379 e. The number of nitro groups is 1. The Morgan fingerprint density at radius 3 is 2.72 bits per heavy atom. The van der Waals surface area contributed by atoms with Crippen LogP contribution >= 0.6 is 15.9 Å². The summed E-state index contributed by atoms with van der Waals surface area (Å²) in [6, 6.07) is 11.0. The predicted molar refractivity (Wildman–Crippen MR) is 113 cm³/mol. The number of nitriles is 1. The molecule has 0 radical (unpaired) electrons. The lowest BCUT2D eigenvalue weighted by Gasteiger charge is -2.19. The number of non-ortho nitro benzene ring substituents is 1. The minimum atomic E-state index is -0.493. The zero-order chi connectivity index (χ0) is 21.4. The fourth-order valence-corrected chi connectivity index (χ4v) is 3.30. The standard InChI is InChI=1S/C20H22BrN5O3/c1-3-29-13(2)7-9-18(23)20-16(12-22)17(21)8-10-19(20)25-24-14-5-4-6-15(11-14)26(27)28/h4-6,8,10-11,13,18H,3,7,9,23H2,1-2H3. The molecular weight excluding hydrogens is 438 g/mol. The van der Waals surface area contributed by atoms with Crippen LogP contribution in [0.25, 0.3) is 0 Å². The molecule has 0 aromatic heterocycles. The normalized spacial score (nSPS) is 13.2. The first-order valence-corrected chi connectivity index (χ1v) is 9.92. The van der Waals surface area contributed by atoms with Crippen molar-refractivity contribution in [1.29, 1.82) is 5.26 Å². The van der Waals surface area contributed by atoms with Gasteiger partial charge in [-0.25, -0.2) is 0 Å². The molecule has 0 saturated heterocycles. The third-order valence-electron chi connectivity index (χ3n) is 4.30. The highest BCUT2D eigenvalue weighted by Gasteiger charge is 2.19. The molecule has 0 saturated carbocycles. The van der Waals surface area contributed by atoms with E-state index < -0.39 is 11.0 Å². The van der Waals surface area contributed by atoms with E-state index in [0.29, 0.717) is 40.0 Å². The molecule has 2 rings (SSSR count). The van der Waals surface area contributed by atoms with Gasteiger partial charge in [-0.15, -0.1) is 0 Å². The highest BCUT2D eigenvalue weighted by Crippen LogP contribution is 2.36. The molecule has 2 N–H and O–H groups in total. The van der Waals surface area contributed by atoms with Gasteiger partial charge in [0.25, 0.3) is 5.69 Å². The Morgan fingerprint density at radius 2 is 2.07 bits per heavy atom. The first kappa shape index (κ1) is 22.6. The monoisotopic (exact) mass is 459 g/mol. The molecule has 2 unspecified atom stereocenters. The third kappa shape index (κ3) is 6.15. The van der Waals surface area contributed by atoms with Crippen LogP contribution in [0.1, 0.15) is 43.9 Å². The fourth-order valence-electron chi connectivity index (χ4n) is 2.86. The van der Waals surface area contributed by atoms with E-state index in [1.165, 1.54) is 18.2 Å². The molecule has 2 aromatic carbocycles. The van der Waals surface area contributed by atoms with Crippen molar-refractivity contribution < 1.29 is 9.66 Å². The average molecular weight is 460 g/mol. The van der Waals surface area contributed by atoms with E-state index in [1.54, 1.807) is 18.2 Å². The summed E-state index contributed by atoms with van der Waals surface area (Å²) in [5.41, 5.74) is 8.10. The van der Waals surface area contributed by atoms with Crippen LogP contribution in [0.2, 0.25) is 0 Å². The number of halogens is 1. The lowest BCUT2D eigenvalue weighted by molar-refractivity contribution is -0.384. The van der Waals surface area contributed by atoms with Gasteiger partial charge in [-0.3, -0.25) is 10.1 Å². The summed E-state index contributed by atoms with van der Waals surface area (Å²) in [6.07, 6.45) is 1.39. The number of hydrogen-bond donors (Lipinski definition) is 1. The van der Waals surface area contributed by atoms with Gasteiger partial charge in [0.1, 0.15) is 6.07 Å². The number of nitro benzene ring substituents is 1. The smallest absolute Gasteiger partial charge is 0.271 e. The number of ether oxygens (including phenoxy) is 1. The van der Waals surface area contributed by atoms with Crippen molar-refractivity contribution in [2.75, 3.05) is 6.61 Å². The van der Waals surface area contributed by atoms with Crippen LogP contribution in [0.3, 0.4) is 0 Å². The summed E-state index contributed by atoms with van der Waals surface area (Å²) in [6.45, 7) is 4.54. The Hall–Kier alpha value is -2.67. The Balaban J connectivity index is 2.36. The summed E-state index contributed by atoms with van der Waals surface area (Å²) >= 11 is 3.39. The maximum absolute atomic E-state index is 10.9. The zero-order valence-electron chi connectivity index (χ0n) is 16.2. The Labute approximate surface area is 177 Å². The second-order valence-corrected chi connectivity index (χ2v) is 7.25. The summed E-state index contributed by atoms with van der Waals surface area (Å²) in [4.78, 5) is 10.4. The highest BCUT2D eigenvalue weighted by molar-refractivity contribution is 9.10. The molecule has 9 heteroatoms. The zero-order valence-corrected chi connectivity index (χ0v) is 17.8. The van der Waals surface area contributed by atoms with E-state index in [0.717, 1.165) is 6.42 Å². The van der Waals surface area contributed by atoms with E-state index in [4.69, 9.17) is 10.5 Å². The number of rotatable bonds is 9. The first-order chi connectivity index (χ1) is 13.9. The number of benzene rings is 2. The lowest BCUT2D eigenvalue weighted by Crippen LogP contribution is -2.16. The number of azo groups is 1. The van der Waals surface area contributed by atoms with Gasteiger partial charge in [-0.05, 0) is 60.8 Å². The SMILES string of the molecule is CCOC(C)CCC(N)c1c(N=Nc2cccc([N+](=O)[O-])c2)ccc(Br)c1C#N. The van der Waals surface area contributed by atoms with Gasteiger partial charge in [0.2, 0.25) is 0 Å². The summed E-state index contributed by atoms with van der Waals surface area (Å²) in [5.74, 6) is 0. The van der Waals surface area contributed by atoms with E-state index >= 15 is 0 Å². The van der Waals surface area contributed by atoms with Crippen molar-refractivity contribution in [3.63, 3.8) is 0 Å². The molecule has 152 valence electrons. The summed E-state index contributed by atoms with van der Waals surface area (Å²) in [7, 11) is 0. The van der Waals surface area contributed by atoms with Crippen LogP contribution in [0.5, 0.6) is 0 Å². The summed E-state index contributed by atoms with van der Waals surface area (Å²) in [5, 5.41) is 28.9. The van der Waals surface area contributed by atoms with Crippen LogP contribution < -0.4 is 5.73 Å². The molecule has 0 aliphatic heterocycles. The molecule has 0 spiro atoms. The van der Waals surface area contributed by atoms with E-state index in [1.807, 2.05) is 13.8 Å². The first-order valence-electron chi connectivity index (χ1n) is 9.13. The number of nitrogens with two attached hydrogens (primary N) is 1. The molecule has 2 atom stereocenters. The van der Waals surface area contributed by atoms with Crippen molar-refractivity contribution in [2.45, 2.75) is 38.8 Å². The maximum atomic E-state index is 10.9. The quantitative estimate of drug-likeness (QED) is 0.285. The highest BCUT2D eigenvalue weighted by atomic mass is 79.9. The maximum Gasteiger partial charge on any atom is 0.271 e. The number of nitrogens with zero attached hydrogens (tertiary/aromatic N) is 4.